The Balaban J connectivity index is 1.87. The van der Waals surface area contributed by atoms with E-state index in [1.54, 1.807) is 0 Å². The lowest BCUT2D eigenvalue weighted by atomic mass is 9.79. The maximum Gasteiger partial charge on any atom is 0.183 e. The molecule has 0 saturated carbocycles. The lowest BCUT2D eigenvalue weighted by Gasteiger charge is -2.39. The normalized spacial score (nSPS) is 16.4. The molecule has 168 valence electrons. The standard InChI is InChI=1S/C27H38N2O2/c1-5-7-10-22-11-8-9-12-24(22)21-27(6-2,28(3)4)26(30)23-13-15-25(16-14-23)29-17-19-31-20-18-29/h8-9,11-16H,5-7,10,17-21H2,1-4H3. The first-order valence-electron chi connectivity index (χ1n) is 11.7. The SMILES string of the molecule is CCCCc1ccccc1CC(CC)(C(=O)c1ccc(N2CCOCC2)cc1)N(C)C. The number of ketones is 1. The Morgan fingerprint density at radius 2 is 1.65 bits per heavy atom. The summed E-state index contributed by atoms with van der Waals surface area (Å²) in [5, 5.41) is 0. The lowest BCUT2D eigenvalue weighted by Crippen LogP contribution is -2.52. The molecule has 1 heterocycles. The third-order valence-electron chi connectivity index (χ3n) is 6.77. The molecule has 0 aliphatic carbocycles. The van der Waals surface area contributed by atoms with Gasteiger partial charge in [0.1, 0.15) is 0 Å². The van der Waals surface area contributed by atoms with E-state index < -0.39 is 5.54 Å². The zero-order valence-electron chi connectivity index (χ0n) is 19.7. The average Bonchev–Trinajstić information content (AvgIpc) is 2.82. The fraction of sp³-hybridized carbons (Fsp3) is 0.519. The number of rotatable bonds is 10. The van der Waals surface area contributed by atoms with Gasteiger partial charge in [0.2, 0.25) is 0 Å². The number of hydrogen-bond acceptors (Lipinski definition) is 4. The zero-order valence-corrected chi connectivity index (χ0v) is 19.7. The van der Waals surface area contributed by atoms with Crippen LogP contribution < -0.4 is 4.90 Å². The molecule has 1 atom stereocenters. The molecule has 1 fully saturated rings. The summed E-state index contributed by atoms with van der Waals surface area (Å²) in [6, 6.07) is 16.8. The Morgan fingerprint density at radius 3 is 2.23 bits per heavy atom. The van der Waals surface area contributed by atoms with E-state index in [4.69, 9.17) is 4.74 Å². The number of unbranched alkanes of at least 4 members (excludes halogenated alkanes) is 1. The predicted molar refractivity (Wildman–Crippen MR) is 129 cm³/mol. The van der Waals surface area contributed by atoms with E-state index in [2.05, 4.69) is 60.0 Å². The van der Waals surface area contributed by atoms with Crippen LogP contribution >= 0.6 is 0 Å². The van der Waals surface area contributed by atoms with E-state index in [1.165, 1.54) is 24.0 Å². The Morgan fingerprint density at radius 1 is 1.00 bits per heavy atom. The lowest BCUT2D eigenvalue weighted by molar-refractivity contribution is 0.0666. The number of carbonyl (C=O) groups is 1. The monoisotopic (exact) mass is 422 g/mol. The van der Waals surface area contributed by atoms with Crippen molar-refractivity contribution in [1.82, 2.24) is 4.90 Å². The van der Waals surface area contributed by atoms with E-state index in [1.807, 2.05) is 26.2 Å². The molecular formula is C27H38N2O2. The summed E-state index contributed by atoms with van der Waals surface area (Å²) in [7, 11) is 4.08. The molecule has 1 aliphatic heterocycles. The quantitative estimate of drug-likeness (QED) is 0.504. The highest BCUT2D eigenvalue weighted by Gasteiger charge is 2.40. The zero-order chi connectivity index (χ0) is 22.3. The fourth-order valence-electron chi connectivity index (χ4n) is 4.61. The van der Waals surface area contributed by atoms with Gasteiger partial charge in [-0.3, -0.25) is 9.69 Å². The van der Waals surface area contributed by atoms with Crippen molar-refractivity contribution in [2.45, 2.75) is 51.5 Å². The summed E-state index contributed by atoms with van der Waals surface area (Å²) in [6.45, 7) is 7.68. The van der Waals surface area contributed by atoms with Crippen LogP contribution in [0.4, 0.5) is 5.69 Å². The highest BCUT2D eigenvalue weighted by molar-refractivity contribution is 6.03. The Hall–Kier alpha value is -2.17. The second-order valence-corrected chi connectivity index (χ2v) is 8.80. The average molecular weight is 423 g/mol. The fourth-order valence-corrected chi connectivity index (χ4v) is 4.61. The molecule has 0 amide bonds. The summed E-state index contributed by atoms with van der Waals surface area (Å²) >= 11 is 0. The third-order valence-corrected chi connectivity index (χ3v) is 6.77. The van der Waals surface area contributed by atoms with Crippen molar-refractivity contribution in [3.05, 3.63) is 65.2 Å². The first kappa shape index (κ1) is 23.5. The van der Waals surface area contributed by atoms with Gasteiger partial charge in [0.25, 0.3) is 0 Å². The molecule has 3 rings (SSSR count). The minimum Gasteiger partial charge on any atom is -0.378 e. The molecule has 0 bridgehead atoms. The number of nitrogens with zero attached hydrogens (tertiary/aromatic N) is 2. The van der Waals surface area contributed by atoms with Gasteiger partial charge < -0.3 is 9.64 Å². The van der Waals surface area contributed by atoms with Crippen LogP contribution in [-0.2, 0) is 17.6 Å². The van der Waals surface area contributed by atoms with Gasteiger partial charge in [0, 0.05) is 24.3 Å². The molecule has 31 heavy (non-hydrogen) atoms. The van der Waals surface area contributed by atoms with Gasteiger partial charge in [-0.25, -0.2) is 0 Å². The molecule has 2 aromatic carbocycles. The number of morpholine rings is 1. The molecule has 0 radical (unpaired) electrons. The van der Waals surface area contributed by atoms with E-state index in [0.29, 0.717) is 0 Å². The molecule has 2 aromatic rings. The number of likely N-dealkylation sites (N-methyl/N-ethyl adjacent to an activating group) is 1. The van der Waals surface area contributed by atoms with Crippen molar-refractivity contribution in [1.29, 1.82) is 0 Å². The molecule has 0 spiro atoms. The van der Waals surface area contributed by atoms with Crippen molar-refractivity contribution in [2.24, 2.45) is 0 Å². The maximum absolute atomic E-state index is 13.9. The van der Waals surface area contributed by atoms with Gasteiger partial charge in [-0.05, 0) is 75.2 Å². The Kier molecular flexibility index (Phi) is 8.28. The van der Waals surface area contributed by atoms with Gasteiger partial charge in [-0.15, -0.1) is 0 Å². The van der Waals surface area contributed by atoms with Crippen LogP contribution in [0.25, 0.3) is 0 Å². The molecule has 4 heteroatoms. The minimum atomic E-state index is -0.553. The van der Waals surface area contributed by atoms with E-state index in [0.717, 1.165) is 56.8 Å². The van der Waals surface area contributed by atoms with Crippen molar-refractivity contribution in [3.63, 3.8) is 0 Å². The first-order valence-corrected chi connectivity index (χ1v) is 11.7. The van der Waals surface area contributed by atoms with Crippen LogP contribution in [-0.4, -0.2) is 56.6 Å². The van der Waals surface area contributed by atoms with Gasteiger partial charge in [0.05, 0.1) is 18.8 Å². The molecule has 1 unspecified atom stereocenters. The van der Waals surface area contributed by atoms with Gasteiger partial charge in [-0.1, -0.05) is 44.5 Å². The molecule has 1 aliphatic rings. The third kappa shape index (κ3) is 5.36. The summed E-state index contributed by atoms with van der Waals surface area (Å²) < 4.78 is 5.46. The van der Waals surface area contributed by atoms with Crippen LogP contribution in [0.3, 0.4) is 0 Å². The predicted octanol–water partition coefficient (Wildman–Crippen LogP) is 5.00. The Labute approximate surface area is 188 Å². The summed E-state index contributed by atoms with van der Waals surface area (Å²) in [4.78, 5) is 18.3. The van der Waals surface area contributed by atoms with E-state index in [9.17, 15) is 4.79 Å². The van der Waals surface area contributed by atoms with Gasteiger partial charge >= 0.3 is 0 Å². The van der Waals surface area contributed by atoms with E-state index in [-0.39, 0.29) is 5.78 Å². The molecule has 4 nitrogen and oxygen atoms in total. The minimum absolute atomic E-state index is 0.207. The Bertz CT molecular complexity index is 841. The van der Waals surface area contributed by atoms with Gasteiger partial charge in [0.15, 0.2) is 5.78 Å². The van der Waals surface area contributed by atoms with Crippen LogP contribution in [0.1, 0.15) is 54.6 Å². The van der Waals surface area contributed by atoms with Crippen molar-refractivity contribution >= 4 is 11.5 Å². The molecule has 1 saturated heterocycles. The number of benzene rings is 2. The molecule has 0 N–H and O–H groups in total. The second-order valence-electron chi connectivity index (χ2n) is 8.80. The van der Waals surface area contributed by atoms with Crippen molar-refractivity contribution in [3.8, 4) is 0 Å². The van der Waals surface area contributed by atoms with Crippen LogP contribution in [0.2, 0.25) is 0 Å². The highest BCUT2D eigenvalue weighted by Crippen LogP contribution is 2.30. The van der Waals surface area contributed by atoms with E-state index >= 15 is 0 Å². The molecule has 0 aromatic heterocycles. The number of carbonyl (C=O) groups excluding carboxylic acids is 1. The topological polar surface area (TPSA) is 32.8 Å². The van der Waals surface area contributed by atoms with Crippen molar-refractivity contribution in [2.75, 3.05) is 45.3 Å². The summed E-state index contributed by atoms with van der Waals surface area (Å²) in [5.41, 5.74) is 4.07. The first-order chi connectivity index (χ1) is 15.0. The number of ether oxygens (including phenoxy) is 1. The number of anilines is 1. The highest BCUT2D eigenvalue weighted by atomic mass is 16.5. The van der Waals surface area contributed by atoms with Crippen molar-refractivity contribution < 1.29 is 9.53 Å². The number of aryl methyl sites for hydroxylation is 1. The van der Waals surface area contributed by atoms with Crippen LogP contribution in [0.5, 0.6) is 0 Å². The van der Waals surface area contributed by atoms with Gasteiger partial charge in [-0.2, -0.15) is 0 Å². The summed E-state index contributed by atoms with van der Waals surface area (Å²) in [5.74, 6) is 0.207. The second kappa shape index (κ2) is 10.9. The largest absolute Gasteiger partial charge is 0.378 e. The maximum atomic E-state index is 13.9. The van der Waals surface area contributed by atoms with Crippen LogP contribution in [0, 0.1) is 0 Å². The molecular weight excluding hydrogens is 384 g/mol. The number of Topliss-reactive ketones (excluding diaryl/α,β-unsaturated/α-hetero) is 1. The summed E-state index contributed by atoms with van der Waals surface area (Å²) in [6.07, 6.45) is 4.93. The van der Waals surface area contributed by atoms with Crippen LogP contribution in [0.15, 0.2) is 48.5 Å². The smallest absolute Gasteiger partial charge is 0.183 e. The number of hydrogen-bond donors (Lipinski definition) is 0.